The van der Waals surface area contributed by atoms with Gasteiger partial charge in [0.1, 0.15) is 0 Å². The van der Waals surface area contributed by atoms with Gasteiger partial charge < -0.3 is 18.1 Å². The molecule has 0 aliphatic rings. The fraction of sp³-hybridized carbons (Fsp3) is 1.00. The normalized spacial score (nSPS) is 14.4. The third-order valence-corrected chi connectivity index (χ3v) is 20.1. The number of hydrogen-bond donors (Lipinski definition) is 0. The van der Waals surface area contributed by atoms with Crippen molar-refractivity contribution in [1.82, 2.24) is 0 Å². The van der Waals surface area contributed by atoms with Gasteiger partial charge >= 0.3 is 58.4 Å². The van der Waals surface area contributed by atoms with Crippen LogP contribution < -0.4 is 0 Å². The quantitative estimate of drug-likeness (QED) is 0.0190. The van der Waals surface area contributed by atoms with E-state index in [1.54, 1.807) is 0 Å². The van der Waals surface area contributed by atoms with Crippen LogP contribution in [-0.2, 0) is 34.5 Å². The summed E-state index contributed by atoms with van der Waals surface area (Å²) in [5, 5.41) is -14.4. The monoisotopic (exact) mass is 1570 g/mol. The Hall–Kier alpha value is -2.10. The van der Waals surface area contributed by atoms with Gasteiger partial charge in [-0.25, -0.2) is 25.6 Å². The Bertz CT molecular complexity index is 2210. The number of rotatable bonds is 50. The highest BCUT2D eigenvalue weighted by molar-refractivity contribution is 7.87. The van der Waals surface area contributed by atoms with E-state index in [1.807, 2.05) is 0 Å². The lowest BCUT2D eigenvalue weighted by atomic mass is 9.96. The predicted octanol–water partition coefficient (Wildman–Crippen LogP) is 20.9. The predicted molar refractivity (Wildman–Crippen MR) is 326 cm³/mol. The van der Waals surface area contributed by atoms with E-state index in [4.69, 9.17) is 4.18 Å². The molecule has 0 fully saturated rings. The van der Waals surface area contributed by atoms with Crippen molar-refractivity contribution in [3.05, 3.63) is 0 Å². The maximum absolute atomic E-state index is 13.3. The Morgan fingerprint density at radius 3 is 0.808 bits per heavy atom. The van der Waals surface area contributed by atoms with E-state index in [9.17, 15) is 144 Å². The van der Waals surface area contributed by atoms with Gasteiger partial charge in [-0.1, -0.05) is 129 Å². The number of alkyl halides is 25. The molecule has 0 bridgehead atoms. The molecule has 99 heavy (non-hydrogen) atoms. The zero-order valence-corrected chi connectivity index (χ0v) is 60.4. The van der Waals surface area contributed by atoms with Gasteiger partial charge in [-0.2, -0.15) is 105 Å². The lowest BCUT2D eigenvalue weighted by molar-refractivity contribution is -0.921. The van der Waals surface area contributed by atoms with E-state index in [1.165, 1.54) is 119 Å². The first-order valence-electron chi connectivity index (χ1n) is 33.3. The van der Waals surface area contributed by atoms with Gasteiger partial charge in [0.15, 0.2) is 32.6 Å². The van der Waals surface area contributed by atoms with Gasteiger partial charge in [0.05, 0.1) is 71.4 Å². The van der Waals surface area contributed by atoms with Crippen molar-refractivity contribution in [3.63, 3.8) is 0 Å². The van der Waals surface area contributed by atoms with Crippen molar-refractivity contribution in [2.75, 3.05) is 71.4 Å². The van der Waals surface area contributed by atoms with Crippen molar-refractivity contribution in [1.29, 1.82) is 0 Å². The highest BCUT2D eigenvalue weighted by atomic mass is 32.2. The summed E-state index contributed by atoms with van der Waals surface area (Å²) in [6.45, 7) is 30.8. The highest BCUT2D eigenvalue weighted by Gasteiger charge is 2.85. The topological polar surface area (TPSA) is 158 Å². The van der Waals surface area contributed by atoms with Crippen LogP contribution in [0.5, 0.6) is 0 Å². The van der Waals surface area contributed by atoms with Gasteiger partial charge in [0.25, 0.3) is 10.1 Å². The summed E-state index contributed by atoms with van der Waals surface area (Å²) in [6.07, 6.45) is -8.70. The second-order valence-corrected chi connectivity index (χ2v) is 28.4. The summed E-state index contributed by atoms with van der Waals surface area (Å²) in [4.78, 5) is 0. The fourth-order valence-corrected chi connectivity index (χ4v) is 11.4. The smallest absolute Gasteiger partial charge is 0.402 e. The Morgan fingerprint density at radius 1 is 0.333 bits per heavy atom. The number of quaternary nitrogens is 2. The molecule has 0 aromatic rings. The van der Waals surface area contributed by atoms with Crippen molar-refractivity contribution < 1.29 is 157 Å². The number of halogens is 25. The molecular formula is C60H107F25N2O9S3. The molecule has 0 saturated carbocycles. The maximum Gasteiger partial charge on any atom is 0.402 e. The summed E-state index contributed by atoms with van der Waals surface area (Å²) in [5.74, 6) is -42.6. The van der Waals surface area contributed by atoms with Gasteiger partial charge in [0.2, 0.25) is 0 Å². The molecule has 0 aromatic carbocycles. The van der Waals surface area contributed by atoms with Crippen molar-refractivity contribution in [2.45, 2.75) is 313 Å². The van der Waals surface area contributed by atoms with E-state index >= 15 is 0 Å². The number of hydrogen-bond acceptors (Lipinski definition) is 9. The Kier molecular flexibility index (Phi) is 51.3. The number of unbranched alkanes of at least 4 members (excludes halogenated alkanes) is 20. The lowest BCUT2D eigenvalue weighted by Crippen LogP contribution is -2.66. The maximum atomic E-state index is 13.3. The summed E-state index contributed by atoms with van der Waals surface area (Å²) >= 11 is 0. The summed E-state index contributed by atoms with van der Waals surface area (Å²) in [7, 11) is -18.4. The first-order valence-corrected chi connectivity index (χ1v) is 37.7. The first kappa shape index (κ1) is 106. The summed E-state index contributed by atoms with van der Waals surface area (Å²) < 4.78 is 410. The van der Waals surface area contributed by atoms with E-state index in [0.717, 1.165) is 44.9 Å². The summed E-state index contributed by atoms with van der Waals surface area (Å²) in [5.41, 5.74) is 0. The van der Waals surface area contributed by atoms with Gasteiger partial charge in [-0.05, 0) is 100 Å². The molecule has 2 unspecified atom stereocenters. The molecule has 0 aliphatic carbocycles. The molecule has 0 rings (SSSR count). The molecule has 0 radical (unpaired) electrons. The van der Waals surface area contributed by atoms with Gasteiger partial charge in [-0.3, -0.25) is 8.57 Å². The molecule has 39 heteroatoms. The van der Waals surface area contributed by atoms with Gasteiger partial charge in [0, 0.05) is 12.8 Å². The molecule has 0 aromatic heterocycles. The Balaban J connectivity index is -0.000000395. The molecule has 2 atom stereocenters. The minimum atomic E-state index is -7.54. The number of nitrogens with zero attached hydrogens (tertiary/aromatic N) is 2. The molecule has 0 heterocycles. The van der Waals surface area contributed by atoms with E-state index in [2.05, 4.69) is 62.3 Å². The minimum Gasteiger partial charge on any atom is -0.743 e. The van der Waals surface area contributed by atoms with Crippen molar-refractivity contribution >= 4 is 30.4 Å². The molecular weight excluding hydrogens is 1460 g/mol. The van der Waals surface area contributed by atoms with Gasteiger partial charge in [-0.15, -0.1) is 0 Å². The molecule has 11 nitrogen and oxygen atoms in total. The van der Waals surface area contributed by atoms with Crippen LogP contribution >= 0.6 is 0 Å². The second-order valence-electron chi connectivity index (χ2n) is 23.8. The molecule has 0 aliphatic heterocycles. The van der Waals surface area contributed by atoms with Crippen LogP contribution in [-0.4, -0.2) is 185 Å². The zero-order valence-electron chi connectivity index (χ0n) is 58.0. The van der Waals surface area contributed by atoms with Crippen molar-refractivity contribution in [2.24, 2.45) is 0 Å². The van der Waals surface area contributed by atoms with Crippen LogP contribution in [0.3, 0.4) is 0 Å². The Morgan fingerprint density at radius 2 is 0.576 bits per heavy atom. The van der Waals surface area contributed by atoms with Crippen molar-refractivity contribution in [3.8, 4) is 0 Å². The lowest BCUT2D eigenvalue weighted by Gasteiger charge is -2.38. The van der Waals surface area contributed by atoms with Crippen LogP contribution in [0.15, 0.2) is 0 Å². The molecule has 0 spiro atoms. The van der Waals surface area contributed by atoms with E-state index in [-0.39, 0.29) is 12.4 Å². The Labute approximate surface area is 570 Å². The average molecular weight is 1570 g/mol. The molecule has 0 amide bonds. The van der Waals surface area contributed by atoms with Crippen LogP contribution in [0.1, 0.15) is 242 Å². The fourth-order valence-electron chi connectivity index (χ4n) is 9.46. The van der Waals surface area contributed by atoms with E-state index < -0.39 is 165 Å². The third-order valence-electron chi connectivity index (χ3n) is 17.0. The second kappa shape index (κ2) is 48.2. The highest BCUT2D eigenvalue weighted by Crippen LogP contribution is 2.57. The van der Waals surface area contributed by atoms with Crippen LogP contribution in [0.2, 0.25) is 0 Å². The average Bonchev–Trinajstić information content (AvgIpc) is 0.730. The van der Waals surface area contributed by atoms with Crippen LogP contribution in [0, 0.1) is 0 Å². The minimum absolute atomic E-state index is 0.154. The standard InChI is InChI=1S/C22H45FO3S.2C11H12F12O3S.2C8H20N/c1-2-3-4-5-6-9-12-15-18-21-26-27(24,25)22-19-16-13-10-7-8-11-14-17-20-23;2*12-6(4-2-1-3-5-7(13,14)15)8(16,17)9(18,19)10(20,21)11(22,23)27(24,25)26;2*1-5-9(6-2,7-3)8-4/h2-22H2,1H3;2*6H,1-5H2,(H,24,25,26);2*5-8H2,1-4H3/q;;;2*+1/p-2. The molecule has 0 saturated heterocycles. The van der Waals surface area contributed by atoms with E-state index in [0.29, 0.717) is 19.4 Å². The van der Waals surface area contributed by atoms with Crippen LogP contribution in [0.25, 0.3) is 0 Å². The first-order chi connectivity index (χ1) is 44.9. The molecule has 0 N–H and O–H groups in total. The largest absolute Gasteiger partial charge is 0.743 e. The van der Waals surface area contributed by atoms with Crippen LogP contribution in [0.4, 0.5) is 110 Å². The zero-order chi connectivity index (χ0) is 78.9. The molecule has 604 valence electrons. The third kappa shape index (κ3) is 37.6. The summed E-state index contributed by atoms with van der Waals surface area (Å²) in [6, 6.07) is 0. The SMILES string of the molecule is CCCCCCCCCCCOS(=O)(=O)CCCCCCCCCCCF.CC[N+](CC)(CC)CC.CC[N+](CC)(CC)CC.O=S(=O)([O-])C(F)(F)C(F)(F)C(F)(F)C(F)(F)C(F)CCCCCC(F)(F)F.O=S(=O)([O-])C(F)(F)C(F)(F)C(F)(F)C(F)(F)C(F)CCCCCC(F)(F)F.